The average Bonchev–Trinajstić information content (AvgIpc) is 2.64. The largest absolute Gasteiger partial charge is 0.474 e. The summed E-state index contributed by atoms with van der Waals surface area (Å²) < 4.78 is 11.7. The molecule has 0 spiro atoms. The van der Waals surface area contributed by atoms with Gasteiger partial charge < -0.3 is 14.4 Å². The van der Waals surface area contributed by atoms with Crippen LogP contribution in [0.15, 0.2) is 34.9 Å². The summed E-state index contributed by atoms with van der Waals surface area (Å²) in [7, 11) is 1.51. The van der Waals surface area contributed by atoms with E-state index >= 15 is 0 Å². The van der Waals surface area contributed by atoms with Crippen molar-refractivity contribution < 1.29 is 14.3 Å². The van der Waals surface area contributed by atoms with Crippen molar-refractivity contribution in [1.29, 1.82) is 0 Å². The van der Waals surface area contributed by atoms with Crippen molar-refractivity contribution in [2.45, 2.75) is 18.9 Å². The highest BCUT2D eigenvalue weighted by molar-refractivity contribution is 9.10. The highest BCUT2D eigenvalue weighted by atomic mass is 79.9. The van der Waals surface area contributed by atoms with Crippen molar-refractivity contribution in [3.05, 3.63) is 45.5 Å². The fourth-order valence-electron chi connectivity index (χ4n) is 2.67. The number of likely N-dealkylation sites (tertiary alicyclic amines) is 1. The summed E-state index contributed by atoms with van der Waals surface area (Å²) in [5.74, 6) is 0.417. The molecule has 132 valence electrons. The summed E-state index contributed by atoms with van der Waals surface area (Å²) in [5.41, 5.74) is 0.510. The Labute approximate surface area is 159 Å². The molecule has 1 aromatic carbocycles. The van der Waals surface area contributed by atoms with E-state index in [4.69, 9.17) is 21.1 Å². The topological polar surface area (TPSA) is 64.6 Å². The van der Waals surface area contributed by atoms with E-state index in [0.29, 0.717) is 29.6 Å². The molecule has 1 aliphatic rings. The van der Waals surface area contributed by atoms with Gasteiger partial charge >= 0.3 is 6.01 Å². The molecular formula is C17H17BrClN3O3. The zero-order valence-corrected chi connectivity index (χ0v) is 16.0. The first kappa shape index (κ1) is 17.9. The Hall–Kier alpha value is -1.86. The minimum Gasteiger partial charge on any atom is -0.474 e. The number of aromatic nitrogens is 2. The van der Waals surface area contributed by atoms with E-state index in [1.54, 1.807) is 29.3 Å². The molecule has 0 bridgehead atoms. The van der Waals surface area contributed by atoms with Crippen LogP contribution in [0.3, 0.4) is 0 Å². The Balaban J connectivity index is 1.59. The molecule has 0 N–H and O–H groups in total. The molecule has 0 unspecified atom stereocenters. The second-order valence-corrected chi connectivity index (χ2v) is 6.94. The highest BCUT2D eigenvalue weighted by Crippen LogP contribution is 2.25. The monoisotopic (exact) mass is 425 g/mol. The van der Waals surface area contributed by atoms with Crippen molar-refractivity contribution in [3.8, 4) is 11.9 Å². The first-order valence-electron chi connectivity index (χ1n) is 7.85. The van der Waals surface area contributed by atoms with Gasteiger partial charge in [0.25, 0.3) is 5.91 Å². The van der Waals surface area contributed by atoms with E-state index in [2.05, 4.69) is 25.9 Å². The van der Waals surface area contributed by atoms with Crippen LogP contribution < -0.4 is 9.47 Å². The lowest BCUT2D eigenvalue weighted by molar-refractivity contribution is 0.0586. The van der Waals surface area contributed by atoms with Crippen molar-refractivity contribution in [2.75, 3.05) is 20.2 Å². The van der Waals surface area contributed by atoms with Gasteiger partial charge in [0.15, 0.2) is 0 Å². The Morgan fingerprint density at radius 3 is 2.80 bits per heavy atom. The highest BCUT2D eigenvalue weighted by Gasteiger charge is 2.26. The quantitative estimate of drug-likeness (QED) is 0.747. The Morgan fingerprint density at radius 2 is 2.08 bits per heavy atom. The molecule has 1 amide bonds. The van der Waals surface area contributed by atoms with Crippen LogP contribution in [0, 0.1) is 0 Å². The third kappa shape index (κ3) is 4.41. The molecule has 1 aromatic heterocycles. The number of piperidine rings is 1. The van der Waals surface area contributed by atoms with E-state index in [1.165, 1.54) is 7.11 Å². The van der Waals surface area contributed by atoms with Gasteiger partial charge in [-0.1, -0.05) is 27.5 Å². The first-order valence-corrected chi connectivity index (χ1v) is 9.02. The number of benzene rings is 1. The predicted molar refractivity (Wildman–Crippen MR) is 97.3 cm³/mol. The third-order valence-electron chi connectivity index (χ3n) is 3.97. The van der Waals surface area contributed by atoms with E-state index in [1.807, 2.05) is 6.07 Å². The zero-order valence-electron chi connectivity index (χ0n) is 13.6. The summed E-state index contributed by atoms with van der Waals surface area (Å²) in [5, 5.41) is 0.458. The zero-order chi connectivity index (χ0) is 17.8. The molecular weight excluding hydrogens is 410 g/mol. The van der Waals surface area contributed by atoms with E-state index in [9.17, 15) is 4.79 Å². The molecule has 0 radical (unpaired) electrons. The smallest absolute Gasteiger partial charge is 0.319 e. The minimum atomic E-state index is -0.0616. The molecule has 2 aromatic rings. The van der Waals surface area contributed by atoms with Gasteiger partial charge in [-0.25, -0.2) is 4.98 Å². The molecule has 1 fully saturated rings. The summed E-state index contributed by atoms with van der Waals surface area (Å²) in [4.78, 5) is 22.6. The molecule has 2 heterocycles. The number of carbonyl (C=O) groups excluding carboxylic acids is 1. The van der Waals surface area contributed by atoms with E-state index in [-0.39, 0.29) is 18.0 Å². The molecule has 0 aliphatic carbocycles. The number of hydrogen-bond acceptors (Lipinski definition) is 5. The second kappa shape index (κ2) is 8.01. The number of carbonyl (C=O) groups is 1. The van der Waals surface area contributed by atoms with Crippen LogP contribution in [-0.2, 0) is 0 Å². The van der Waals surface area contributed by atoms with Crippen molar-refractivity contribution in [3.63, 3.8) is 0 Å². The molecule has 0 atom stereocenters. The lowest BCUT2D eigenvalue weighted by Gasteiger charge is -2.32. The third-order valence-corrected chi connectivity index (χ3v) is 4.79. The van der Waals surface area contributed by atoms with Gasteiger partial charge in [-0.2, -0.15) is 4.98 Å². The van der Waals surface area contributed by atoms with Gasteiger partial charge in [0.1, 0.15) is 6.10 Å². The summed E-state index contributed by atoms with van der Waals surface area (Å²) in [6, 6.07) is 7.25. The Bertz CT molecular complexity index is 767. The number of rotatable bonds is 4. The Kier molecular flexibility index (Phi) is 5.75. The van der Waals surface area contributed by atoms with Gasteiger partial charge in [0.2, 0.25) is 5.88 Å². The maximum absolute atomic E-state index is 12.7. The van der Waals surface area contributed by atoms with Gasteiger partial charge in [0.05, 0.1) is 17.7 Å². The second-order valence-electron chi connectivity index (χ2n) is 5.62. The van der Waals surface area contributed by atoms with Crippen LogP contribution in [0.5, 0.6) is 11.9 Å². The van der Waals surface area contributed by atoms with Crippen LogP contribution in [0.25, 0.3) is 0 Å². The maximum Gasteiger partial charge on any atom is 0.319 e. The molecule has 8 heteroatoms. The normalized spacial score (nSPS) is 15.1. The molecule has 3 rings (SSSR count). The Morgan fingerprint density at radius 1 is 1.32 bits per heavy atom. The fourth-order valence-corrected chi connectivity index (χ4v) is 3.23. The van der Waals surface area contributed by atoms with Crippen LogP contribution in [0.4, 0.5) is 0 Å². The number of methoxy groups -OCH3 is 1. The van der Waals surface area contributed by atoms with Gasteiger partial charge in [-0.3, -0.25) is 4.79 Å². The maximum atomic E-state index is 12.7. The standard InChI is InChI=1S/C17H17BrClN3O3/c1-24-17-20-7-4-15(21-17)25-12-5-8-22(9-6-12)16(23)13-10-11(18)2-3-14(13)19/h2-4,7,10,12H,5-6,8-9H2,1H3. The molecule has 1 saturated heterocycles. The lowest BCUT2D eigenvalue weighted by Crippen LogP contribution is -2.42. The summed E-state index contributed by atoms with van der Waals surface area (Å²) >= 11 is 9.53. The van der Waals surface area contributed by atoms with Crippen LogP contribution in [0.2, 0.25) is 5.02 Å². The van der Waals surface area contributed by atoms with Crippen LogP contribution in [0.1, 0.15) is 23.2 Å². The lowest BCUT2D eigenvalue weighted by atomic mass is 10.1. The number of hydrogen-bond donors (Lipinski definition) is 0. The fraction of sp³-hybridized carbons (Fsp3) is 0.353. The minimum absolute atomic E-state index is 0.00152. The number of ether oxygens (including phenoxy) is 2. The van der Waals surface area contributed by atoms with Gasteiger partial charge in [-0.05, 0) is 18.2 Å². The SMILES string of the molecule is COc1nccc(OC2CCN(C(=O)c3cc(Br)ccc3Cl)CC2)n1. The molecule has 6 nitrogen and oxygen atoms in total. The van der Waals surface area contributed by atoms with Crippen molar-refractivity contribution in [2.24, 2.45) is 0 Å². The van der Waals surface area contributed by atoms with Crippen molar-refractivity contribution in [1.82, 2.24) is 14.9 Å². The first-order chi connectivity index (χ1) is 12.1. The number of nitrogens with zero attached hydrogens (tertiary/aromatic N) is 3. The van der Waals surface area contributed by atoms with Crippen LogP contribution in [-0.4, -0.2) is 47.1 Å². The average molecular weight is 427 g/mol. The van der Waals surface area contributed by atoms with E-state index < -0.39 is 0 Å². The van der Waals surface area contributed by atoms with Gasteiger partial charge in [-0.15, -0.1) is 0 Å². The van der Waals surface area contributed by atoms with Crippen molar-refractivity contribution >= 4 is 33.4 Å². The van der Waals surface area contributed by atoms with E-state index in [0.717, 1.165) is 17.3 Å². The molecule has 25 heavy (non-hydrogen) atoms. The molecule has 0 saturated carbocycles. The van der Waals surface area contributed by atoms with Crippen LogP contribution >= 0.6 is 27.5 Å². The van der Waals surface area contributed by atoms with Gasteiger partial charge in [0, 0.05) is 42.7 Å². The predicted octanol–water partition coefficient (Wildman–Crippen LogP) is 3.58. The molecule has 1 aliphatic heterocycles. The number of halogens is 2. The summed E-state index contributed by atoms with van der Waals surface area (Å²) in [6.07, 6.45) is 3.05. The summed E-state index contributed by atoms with van der Waals surface area (Å²) in [6.45, 7) is 1.21. The number of amides is 1.